The van der Waals surface area contributed by atoms with Gasteiger partial charge in [0, 0.05) is 62.8 Å². The van der Waals surface area contributed by atoms with Crippen molar-refractivity contribution in [3.05, 3.63) is 47.5 Å². The lowest BCUT2D eigenvalue weighted by Crippen LogP contribution is -2.56. The molecule has 0 saturated carbocycles. The van der Waals surface area contributed by atoms with Gasteiger partial charge >= 0.3 is 17.6 Å². The van der Waals surface area contributed by atoms with Gasteiger partial charge in [-0.2, -0.15) is 0 Å². The van der Waals surface area contributed by atoms with Crippen LogP contribution in [0.2, 0.25) is 0 Å². The van der Waals surface area contributed by atoms with Crippen molar-refractivity contribution in [1.82, 2.24) is 0 Å². The van der Waals surface area contributed by atoms with Crippen molar-refractivity contribution >= 4 is 49.6 Å². The van der Waals surface area contributed by atoms with E-state index in [9.17, 15) is 0 Å². The summed E-state index contributed by atoms with van der Waals surface area (Å²) in [6, 6.07) is 12.6. The van der Waals surface area contributed by atoms with Crippen LogP contribution in [0, 0.1) is 0 Å². The van der Waals surface area contributed by atoms with Crippen molar-refractivity contribution in [2.75, 3.05) is 42.7 Å². The molecule has 10 heteroatoms. The van der Waals surface area contributed by atoms with Crippen LogP contribution < -0.4 is 10.4 Å². The lowest BCUT2D eigenvalue weighted by atomic mass is 10.1. The van der Waals surface area contributed by atoms with E-state index in [0.29, 0.717) is 0 Å². The monoisotopic (exact) mass is 542 g/mol. The zero-order valence-corrected chi connectivity index (χ0v) is 25.2. The molecule has 0 amide bonds. The number of rotatable bonds is 15. The Morgan fingerprint density at radius 1 is 0.559 bits per heavy atom. The van der Waals surface area contributed by atoms with Crippen LogP contribution in [0.1, 0.15) is 37.8 Å². The molecule has 2 rings (SSSR count). The van der Waals surface area contributed by atoms with Crippen LogP contribution in [0.25, 0.3) is 0 Å². The molecule has 0 atom stereocenters. The van der Waals surface area contributed by atoms with Crippen molar-refractivity contribution in [2.45, 2.75) is 49.3 Å². The van der Waals surface area contributed by atoms with Gasteiger partial charge in [0.1, 0.15) is 0 Å². The highest BCUT2D eigenvalue weighted by Gasteiger charge is 2.44. The molecule has 0 N–H and O–H groups in total. The second-order valence-electron chi connectivity index (χ2n) is 7.57. The van der Waals surface area contributed by atoms with Crippen LogP contribution in [0.4, 0.5) is 0 Å². The average Bonchev–Trinajstić information content (AvgIpc) is 2.88. The maximum atomic E-state index is 5.81. The van der Waals surface area contributed by atoms with Crippen LogP contribution in [-0.2, 0) is 39.4 Å². The summed E-state index contributed by atoms with van der Waals surface area (Å²) in [7, 11) is 7.53. The minimum absolute atomic E-state index is 0.915. The van der Waals surface area contributed by atoms with E-state index in [-0.39, 0.29) is 0 Å². The van der Waals surface area contributed by atoms with Crippen LogP contribution in [-0.4, -0.2) is 60.3 Å². The second-order valence-corrected chi connectivity index (χ2v) is 15.5. The highest BCUT2D eigenvalue weighted by atomic mass is 33.1. The molecule has 0 aromatic heterocycles. The van der Waals surface area contributed by atoms with E-state index in [1.807, 2.05) is 0 Å². The third kappa shape index (κ3) is 6.17. The van der Waals surface area contributed by atoms with E-state index < -0.39 is 17.6 Å². The first-order chi connectivity index (χ1) is 16.5. The molecule has 0 spiro atoms. The summed E-state index contributed by atoms with van der Waals surface area (Å²) in [5.74, 6) is 0. The smallest absolute Gasteiger partial charge is 0.373 e. The molecule has 190 valence electrons. The normalized spacial score (nSPS) is 12.4. The van der Waals surface area contributed by atoms with Crippen molar-refractivity contribution < 1.29 is 26.6 Å². The molecule has 34 heavy (non-hydrogen) atoms. The van der Waals surface area contributed by atoms with E-state index in [2.05, 4.69) is 50.2 Å². The van der Waals surface area contributed by atoms with Crippen molar-refractivity contribution in [1.29, 1.82) is 0 Å². The number of hydrogen-bond donors (Lipinski definition) is 0. The average molecular weight is 543 g/mol. The first kappa shape index (κ1) is 29.6. The molecule has 6 nitrogen and oxygen atoms in total. The molecule has 2 aromatic rings. The van der Waals surface area contributed by atoms with Crippen LogP contribution in [0.3, 0.4) is 0 Å². The van der Waals surface area contributed by atoms with E-state index in [1.165, 1.54) is 20.9 Å². The summed E-state index contributed by atoms with van der Waals surface area (Å²) in [4.78, 5) is 2.38. The molecule has 0 heterocycles. The first-order valence-corrected chi connectivity index (χ1v) is 17.0. The van der Waals surface area contributed by atoms with E-state index in [4.69, 9.17) is 26.6 Å². The standard InChI is InChI=1S/C24H38O6S2Si2/c1-9-13-19-21(15-11-17-23(19)33(25-3,26-4)27-5)31-32-22-16-12-18-24(20(22)14-10-2)34(28-6,29-7)30-8/h11-12,15-18H,9-10,13-14H2,1-8H3. The molecular weight excluding hydrogens is 505 g/mol. The Morgan fingerprint density at radius 2 is 0.882 bits per heavy atom. The van der Waals surface area contributed by atoms with Gasteiger partial charge in [-0.25, -0.2) is 0 Å². The number of hydrogen-bond acceptors (Lipinski definition) is 8. The molecular formula is C24H38O6S2Si2. The SMILES string of the molecule is CCCc1c(SSc2cccc([Si](OC)(OC)OC)c2CCC)cccc1[Si](OC)(OC)OC. The van der Waals surface area contributed by atoms with Gasteiger partial charge in [-0.1, -0.05) is 72.5 Å². The molecule has 0 aliphatic heterocycles. The molecule has 0 aliphatic carbocycles. The van der Waals surface area contributed by atoms with Crippen LogP contribution >= 0.6 is 21.6 Å². The van der Waals surface area contributed by atoms with Crippen molar-refractivity contribution in [2.24, 2.45) is 0 Å². The summed E-state index contributed by atoms with van der Waals surface area (Å²) in [5, 5.41) is 2.05. The Hall–Kier alpha value is -0.666. The topological polar surface area (TPSA) is 55.4 Å². The molecule has 0 saturated heterocycles. The largest absolute Gasteiger partial charge is 0.536 e. The molecule has 0 radical (unpaired) electrons. The maximum Gasteiger partial charge on any atom is 0.536 e. The Balaban J connectivity index is 2.51. The van der Waals surface area contributed by atoms with Gasteiger partial charge in [-0.15, -0.1) is 0 Å². The van der Waals surface area contributed by atoms with Gasteiger partial charge in [-0.05, 0) is 36.1 Å². The summed E-state index contributed by atoms with van der Waals surface area (Å²) in [6.07, 6.45) is 3.85. The predicted molar refractivity (Wildman–Crippen MR) is 145 cm³/mol. The van der Waals surface area contributed by atoms with E-state index in [1.54, 1.807) is 64.2 Å². The lowest BCUT2D eigenvalue weighted by Gasteiger charge is -2.28. The van der Waals surface area contributed by atoms with E-state index in [0.717, 1.165) is 36.1 Å². The summed E-state index contributed by atoms with van der Waals surface area (Å²) in [6.45, 7) is 4.36. The quantitative estimate of drug-likeness (QED) is 0.240. The summed E-state index contributed by atoms with van der Waals surface area (Å²) in [5.41, 5.74) is 2.45. The predicted octanol–water partition coefficient (Wildman–Crippen LogP) is 4.56. The molecule has 0 aliphatic rings. The highest BCUT2D eigenvalue weighted by molar-refractivity contribution is 8.76. The van der Waals surface area contributed by atoms with E-state index >= 15 is 0 Å². The molecule has 0 bridgehead atoms. The highest BCUT2D eigenvalue weighted by Crippen LogP contribution is 2.41. The third-order valence-corrected chi connectivity index (χ3v) is 13.8. The fraction of sp³-hybridized carbons (Fsp3) is 0.500. The Kier molecular flexibility index (Phi) is 12.3. The van der Waals surface area contributed by atoms with Crippen LogP contribution in [0.15, 0.2) is 46.2 Å². The maximum absolute atomic E-state index is 5.81. The summed E-state index contributed by atoms with van der Waals surface area (Å²) < 4.78 is 34.9. The van der Waals surface area contributed by atoms with Crippen molar-refractivity contribution in [3.63, 3.8) is 0 Å². The molecule has 0 fully saturated rings. The Morgan fingerprint density at radius 3 is 1.15 bits per heavy atom. The van der Waals surface area contributed by atoms with Gasteiger partial charge in [0.2, 0.25) is 0 Å². The van der Waals surface area contributed by atoms with Gasteiger partial charge in [0.25, 0.3) is 0 Å². The van der Waals surface area contributed by atoms with Crippen molar-refractivity contribution in [3.8, 4) is 0 Å². The minimum Gasteiger partial charge on any atom is -0.373 e. The fourth-order valence-corrected chi connectivity index (χ4v) is 11.0. The summed E-state index contributed by atoms with van der Waals surface area (Å²) >= 11 is 0. The third-order valence-electron chi connectivity index (χ3n) is 5.76. The van der Waals surface area contributed by atoms with Crippen LogP contribution in [0.5, 0.6) is 0 Å². The Bertz CT molecular complexity index is 817. The first-order valence-electron chi connectivity index (χ1n) is 11.4. The zero-order valence-electron chi connectivity index (χ0n) is 21.6. The minimum atomic E-state index is -2.95. The van der Waals surface area contributed by atoms with Gasteiger partial charge in [0.05, 0.1) is 0 Å². The fourth-order valence-electron chi connectivity index (χ4n) is 4.13. The van der Waals surface area contributed by atoms with Gasteiger partial charge < -0.3 is 26.6 Å². The second kappa shape index (κ2) is 14.2. The lowest BCUT2D eigenvalue weighted by molar-refractivity contribution is 0.139. The molecule has 0 unspecified atom stereocenters. The number of benzene rings is 2. The molecule has 2 aromatic carbocycles. The van der Waals surface area contributed by atoms with Gasteiger partial charge in [0.15, 0.2) is 0 Å². The van der Waals surface area contributed by atoms with Gasteiger partial charge in [-0.3, -0.25) is 0 Å². The Labute approximate surface area is 215 Å². The zero-order chi connectivity index (χ0) is 25.2.